The summed E-state index contributed by atoms with van der Waals surface area (Å²) < 4.78 is 6.23. The van der Waals surface area contributed by atoms with Gasteiger partial charge in [0.05, 0.1) is 12.0 Å². The molecule has 2 aromatic rings. The predicted molar refractivity (Wildman–Crippen MR) is 97.5 cm³/mol. The van der Waals surface area contributed by atoms with Crippen molar-refractivity contribution in [3.05, 3.63) is 59.1 Å². The fourth-order valence-electron chi connectivity index (χ4n) is 1.88. The van der Waals surface area contributed by atoms with Gasteiger partial charge in [-0.1, -0.05) is 47.7 Å². The maximum Gasteiger partial charge on any atom is 0.259 e. The number of benzene rings is 2. The van der Waals surface area contributed by atoms with Gasteiger partial charge in [-0.2, -0.15) is 10.1 Å². The van der Waals surface area contributed by atoms with Gasteiger partial charge in [0.1, 0.15) is 11.5 Å². The van der Waals surface area contributed by atoms with E-state index in [1.54, 1.807) is 30.5 Å². The lowest BCUT2D eigenvalue weighted by atomic mass is 10.2. The molecule has 116 valence electrons. The van der Waals surface area contributed by atoms with Crippen molar-refractivity contribution >= 4 is 52.0 Å². The molecule has 1 fully saturated rings. The highest BCUT2D eigenvalue weighted by Gasteiger charge is 2.25. The lowest BCUT2D eigenvalue weighted by Crippen LogP contribution is -2.22. The molecule has 0 spiro atoms. The summed E-state index contributed by atoms with van der Waals surface area (Å²) in [6.45, 7) is 0. The molecular formula is C16H11ClN2O2S2. The Hall–Kier alpha value is -1.89. The lowest BCUT2D eigenvalue weighted by Gasteiger charge is -2.08. The highest BCUT2D eigenvalue weighted by atomic mass is 35.5. The summed E-state index contributed by atoms with van der Waals surface area (Å²) in [5.41, 5.74) is 0.809. The van der Waals surface area contributed by atoms with Crippen LogP contribution in [0, 0.1) is 0 Å². The molecule has 2 aromatic carbocycles. The molecule has 0 N–H and O–H groups in total. The van der Waals surface area contributed by atoms with E-state index in [2.05, 4.69) is 5.10 Å². The summed E-state index contributed by atoms with van der Waals surface area (Å²) in [5, 5.41) is 6.04. The second-order valence-electron chi connectivity index (χ2n) is 4.63. The van der Waals surface area contributed by atoms with Crippen LogP contribution in [0.25, 0.3) is 0 Å². The molecule has 0 atom stereocenters. The molecule has 0 radical (unpaired) electrons. The maximum absolute atomic E-state index is 11.6. The molecule has 3 rings (SSSR count). The molecule has 1 amide bonds. The molecule has 1 aliphatic rings. The van der Waals surface area contributed by atoms with Gasteiger partial charge in [0.15, 0.2) is 4.32 Å². The predicted octanol–water partition coefficient (Wildman–Crippen LogP) is 4.33. The molecule has 0 saturated carbocycles. The second kappa shape index (κ2) is 7.12. The van der Waals surface area contributed by atoms with Crippen molar-refractivity contribution in [2.45, 2.75) is 0 Å². The number of ether oxygens (including phenoxy) is 1. The minimum atomic E-state index is -0.107. The smallest absolute Gasteiger partial charge is 0.259 e. The standard InChI is InChI=1S/C16H11ClN2O2S2/c17-12-4-6-13(7-5-12)21-14-3-1-2-11(8-14)9-18-19-15(20)10-23-16(19)22/h1-9H,10H2/b18-9-. The number of thiocarbonyl (C=S) groups is 1. The van der Waals surface area contributed by atoms with Crippen LogP contribution in [0.5, 0.6) is 11.5 Å². The van der Waals surface area contributed by atoms with Crippen molar-refractivity contribution < 1.29 is 9.53 Å². The summed E-state index contributed by atoms with van der Waals surface area (Å²) in [5.74, 6) is 1.59. The monoisotopic (exact) mass is 362 g/mol. The van der Waals surface area contributed by atoms with Crippen molar-refractivity contribution in [2.75, 3.05) is 5.75 Å². The maximum atomic E-state index is 11.6. The average molecular weight is 363 g/mol. The van der Waals surface area contributed by atoms with Gasteiger partial charge in [-0.05, 0) is 42.0 Å². The Bertz CT molecular complexity index is 762. The van der Waals surface area contributed by atoms with Gasteiger partial charge in [-0.15, -0.1) is 0 Å². The molecular weight excluding hydrogens is 352 g/mol. The summed E-state index contributed by atoms with van der Waals surface area (Å²) in [6, 6.07) is 14.5. The summed E-state index contributed by atoms with van der Waals surface area (Å²) in [7, 11) is 0. The van der Waals surface area contributed by atoms with Crippen LogP contribution >= 0.6 is 35.6 Å². The normalized spacial score (nSPS) is 14.7. The number of carbonyl (C=O) groups is 1. The zero-order valence-electron chi connectivity index (χ0n) is 11.8. The first-order chi connectivity index (χ1) is 11.1. The Morgan fingerprint density at radius 2 is 2.00 bits per heavy atom. The van der Waals surface area contributed by atoms with Crippen molar-refractivity contribution in [1.82, 2.24) is 5.01 Å². The summed E-state index contributed by atoms with van der Waals surface area (Å²) >= 11 is 12.2. The van der Waals surface area contributed by atoms with E-state index in [0.29, 0.717) is 26.6 Å². The number of halogens is 1. The van der Waals surface area contributed by atoms with Crippen molar-refractivity contribution in [3.63, 3.8) is 0 Å². The first-order valence-corrected chi connectivity index (χ1v) is 8.46. The molecule has 7 heteroatoms. The van der Waals surface area contributed by atoms with Crippen molar-refractivity contribution in [3.8, 4) is 11.5 Å². The van der Waals surface area contributed by atoms with E-state index >= 15 is 0 Å². The Labute approximate surface area is 148 Å². The van der Waals surface area contributed by atoms with Crippen molar-refractivity contribution in [1.29, 1.82) is 0 Å². The third-order valence-electron chi connectivity index (χ3n) is 2.96. The van der Waals surface area contributed by atoms with E-state index in [9.17, 15) is 4.79 Å². The Balaban J connectivity index is 1.73. The number of thioether (sulfide) groups is 1. The molecule has 1 aliphatic heterocycles. The fraction of sp³-hybridized carbons (Fsp3) is 0.0625. The number of carbonyl (C=O) groups excluding carboxylic acids is 1. The highest BCUT2D eigenvalue weighted by Crippen LogP contribution is 2.24. The zero-order valence-corrected chi connectivity index (χ0v) is 14.2. The van der Waals surface area contributed by atoms with E-state index < -0.39 is 0 Å². The van der Waals surface area contributed by atoms with Gasteiger partial charge in [0.2, 0.25) is 0 Å². The van der Waals surface area contributed by atoms with Gasteiger partial charge in [0, 0.05) is 5.02 Å². The topological polar surface area (TPSA) is 41.9 Å². The number of nitrogens with zero attached hydrogens (tertiary/aromatic N) is 2. The number of hydrogen-bond donors (Lipinski definition) is 0. The highest BCUT2D eigenvalue weighted by molar-refractivity contribution is 8.23. The van der Waals surface area contributed by atoms with Crippen LogP contribution in [0.4, 0.5) is 0 Å². The first-order valence-electron chi connectivity index (χ1n) is 6.69. The lowest BCUT2D eigenvalue weighted by molar-refractivity contribution is -0.123. The molecule has 1 saturated heterocycles. The van der Waals surface area contributed by atoms with E-state index in [1.807, 2.05) is 24.3 Å². The number of hydrazone groups is 1. The minimum Gasteiger partial charge on any atom is -0.457 e. The molecule has 4 nitrogen and oxygen atoms in total. The Kier molecular flexibility index (Phi) is 4.95. The summed E-state index contributed by atoms with van der Waals surface area (Å²) in [4.78, 5) is 11.6. The molecule has 1 heterocycles. The molecule has 0 aliphatic carbocycles. The summed E-state index contributed by atoms with van der Waals surface area (Å²) in [6.07, 6.45) is 1.59. The zero-order chi connectivity index (χ0) is 16.2. The van der Waals surface area contributed by atoms with Crippen LogP contribution < -0.4 is 4.74 Å². The van der Waals surface area contributed by atoms with Gasteiger partial charge in [-0.3, -0.25) is 4.79 Å². The van der Waals surface area contributed by atoms with Crippen LogP contribution in [0.2, 0.25) is 5.02 Å². The van der Waals surface area contributed by atoms with Crippen LogP contribution in [-0.2, 0) is 4.79 Å². The Morgan fingerprint density at radius 3 is 2.70 bits per heavy atom. The van der Waals surface area contributed by atoms with Gasteiger partial charge >= 0.3 is 0 Å². The van der Waals surface area contributed by atoms with Gasteiger partial charge < -0.3 is 4.74 Å². The Morgan fingerprint density at radius 1 is 1.22 bits per heavy atom. The van der Waals surface area contributed by atoms with E-state index in [0.717, 1.165) is 5.56 Å². The minimum absolute atomic E-state index is 0.107. The van der Waals surface area contributed by atoms with E-state index in [4.69, 9.17) is 28.6 Å². The quantitative estimate of drug-likeness (QED) is 0.599. The molecule has 23 heavy (non-hydrogen) atoms. The molecule has 0 bridgehead atoms. The molecule has 0 aromatic heterocycles. The van der Waals surface area contributed by atoms with Crippen LogP contribution in [-0.4, -0.2) is 27.2 Å². The fourth-order valence-corrected chi connectivity index (χ4v) is 2.97. The van der Waals surface area contributed by atoms with Crippen molar-refractivity contribution in [2.24, 2.45) is 5.10 Å². The van der Waals surface area contributed by atoms with E-state index in [-0.39, 0.29) is 5.91 Å². The largest absolute Gasteiger partial charge is 0.457 e. The van der Waals surface area contributed by atoms with Crippen LogP contribution in [0.1, 0.15) is 5.56 Å². The SMILES string of the molecule is O=C1CSC(=S)N1/N=C\c1cccc(Oc2ccc(Cl)cc2)c1. The number of hydrogen-bond acceptors (Lipinski definition) is 5. The van der Waals surface area contributed by atoms with Crippen LogP contribution in [0.15, 0.2) is 53.6 Å². The van der Waals surface area contributed by atoms with Crippen LogP contribution in [0.3, 0.4) is 0 Å². The first kappa shape index (κ1) is 16.0. The van der Waals surface area contributed by atoms with E-state index in [1.165, 1.54) is 16.8 Å². The van der Waals surface area contributed by atoms with Gasteiger partial charge in [0.25, 0.3) is 5.91 Å². The van der Waals surface area contributed by atoms with Gasteiger partial charge in [-0.25, -0.2) is 0 Å². The third-order valence-corrected chi connectivity index (χ3v) is 4.55. The number of amides is 1. The molecule has 0 unspecified atom stereocenters. The number of rotatable bonds is 4. The third kappa shape index (κ3) is 4.10. The second-order valence-corrected chi connectivity index (χ2v) is 6.68. The average Bonchev–Trinajstić information content (AvgIpc) is 2.87.